The van der Waals surface area contributed by atoms with Gasteiger partial charge in [0, 0.05) is 38.2 Å². The first kappa shape index (κ1) is 14.2. The van der Waals surface area contributed by atoms with Crippen molar-refractivity contribution in [1.29, 1.82) is 0 Å². The first-order valence-corrected chi connectivity index (χ1v) is 7.69. The topological polar surface area (TPSA) is 42.0 Å². The van der Waals surface area contributed by atoms with Crippen molar-refractivity contribution in [2.75, 3.05) is 45.9 Å². The molecule has 0 bridgehead atoms. The van der Waals surface area contributed by atoms with E-state index in [1.165, 1.54) is 0 Å². The third-order valence-electron chi connectivity index (χ3n) is 4.10. The average molecular weight is 290 g/mol. The van der Waals surface area contributed by atoms with Crippen molar-refractivity contribution < 1.29 is 14.3 Å². The van der Waals surface area contributed by atoms with Crippen LogP contribution in [0.5, 0.6) is 11.5 Å². The van der Waals surface area contributed by atoms with Gasteiger partial charge in [-0.3, -0.25) is 4.79 Å². The lowest BCUT2D eigenvalue weighted by molar-refractivity contribution is 0.0643. The van der Waals surface area contributed by atoms with Crippen LogP contribution in [0.25, 0.3) is 0 Å². The molecule has 1 saturated heterocycles. The molecule has 0 spiro atoms. The van der Waals surface area contributed by atoms with Gasteiger partial charge >= 0.3 is 0 Å². The molecule has 0 saturated carbocycles. The monoisotopic (exact) mass is 290 g/mol. The number of likely N-dealkylation sites (N-methyl/N-ethyl adjacent to an activating group) is 1. The number of nitrogens with zero attached hydrogens (tertiary/aromatic N) is 2. The summed E-state index contributed by atoms with van der Waals surface area (Å²) in [4.78, 5) is 16.9. The minimum Gasteiger partial charge on any atom is -0.490 e. The van der Waals surface area contributed by atoms with Gasteiger partial charge in [0.15, 0.2) is 11.5 Å². The zero-order valence-corrected chi connectivity index (χ0v) is 12.5. The summed E-state index contributed by atoms with van der Waals surface area (Å²) >= 11 is 0. The predicted octanol–water partition coefficient (Wildman–Crippen LogP) is 1.63. The Hall–Kier alpha value is -1.75. The van der Waals surface area contributed by atoms with E-state index in [9.17, 15) is 4.79 Å². The lowest BCUT2D eigenvalue weighted by Crippen LogP contribution is -2.48. The number of ether oxygens (including phenoxy) is 2. The molecule has 0 aliphatic carbocycles. The van der Waals surface area contributed by atoms with Gasteiger partial charge in [-0.15, -0.1) is 0 Å². The molecule has 1 amide bonds. The molecule has 3 rings (SSSR count). The van der Waals surface area contributed by atoms with Crippen LogP contribution in [0.3, 0.4) is 0 Å². The van der Waals surface area contributed by atoms with Crippen molar-refractivity contribution in [3.63, 3.8) is 0 Å². The number of piperazine rings is 1. The van der Waals surface area contributed by atoms with E-state index in [4.69, 9.17) is 9.47 Å². The predicted molar refractivity (Wildman–Crippen MR) is 80.1 cm³/mol. The molecular formula is C16H22N2O3. The average Bonchev–Trinajstić information content (AvgIpc) is 2.79. The highest BCUT2D eigenvalue weighted by Crippen LogP contribution is 2.30. The maximum absolute atomic E-state index is 12.6. The zero-order valence-electron chi connectivity index (χ0n) is 12.5. The minimum absolute atomic E-state index is 0.0846. The van der Waals surface area contributed by atoms with Crippen LogP contribution in [0.1, 0.15) is 23.7 Å². The SMILES string of the molecule is CCN1CCN(C(=O)c2ccc3c(c2)OCCCO3)CC1. The summed E-state index contributed by atoms with van der Waals surface area (Å²) in [7, 11) is 0. The number of benzene rings is 1. The van der Waals surface area contributed by atoms with Crippen molar-refractivity contribution in [3.8, 4) is 11.5 Å². The summed E-state index contributed by atoms with van der Waals surface area (Å²) in [5.41, 5.74) is 0.684. The highest BCUT2D eigenvalue weighted by molar-refractivity contribution is 5.95. The maximum Gasteiger partial charge on any atom is 0.254 e. The van der Waals surface area contributed by atoms with Crippen LogP contribution in [0, 0.1) is 0 Å². The normalized spacial score (nSPS) is 19.2. The molecule has 2 aliphatic rings. The summed E-state index contributed by atoms with van der Waals surface area (Å²) in [5, 5.41) is 0. The number of hydrogen-bond acceptors (Lipinski definition) is 4. The van der Waals surface area contributed by atoms with E-state index >= 15 is 0 Å². The van der Waals surface area contributed by atoms with Crippen LogP contribution in [0.4, 0.5) is 0 Å². The summed E-state index contributed by atoms with van der Waals surface area (Å²) in [6.45, 7) is 7.99. The molecule has 21 heavy (non-hydrogen) atoms. The van der Waals surface area contributed by atoms with Crippen LogP contribution < -0.4 is 9.47 Å². The largest absolute Gasteiger partial charge is 0.490 e. The fourth-order valence-electron chi connectivity index (χ4n) is 2.75. The van der Waals surface area contributed by atoms with Crippen LogP contribution in [0.15, 0.2) is 18.2 Å². The summed E-state index contributed by atoms with van der Waals surface area (Å²) in [6.07, 6.45) is 0.872. The quantitative estimate of drug-likeness (QED) is 0.830. The van der Waals surface area contributed by atoms with Crippen LogP contribution in [-0.4, -0.2) is 61.6 Å². The Kier molecular flexibility index (Phi) is 4.29. The molecule has 1 fully saturated rings. The number of rotatable bonds is 2. The molecule has 2 aliphatic heterocycles. The molecule has 1 aromatic carbocycles. The van der Waals surface area contributed by atoms with Crippen molar-refractivity contribution in [1.82, 2.24) is 9.80 Å². The van der Waals surface area contributed by atoms with Gasteiger partial charge in [-0.1, -0.05) is 6.92 Å². The molecule has 5 nitrogen and oxygen atoms in total. The second kappa shape index (κ2) is 6.35. The molecule has 0 N–H and O–H groups in total. The molecular weight excluding hydrogens is 268 g/mol. The van der Waals surface area contributed by atoms with E-state index in [0.717, 1.165) is 44.9 Å². The smallest absolute Gasteiger partial charge is 0.254 e. The van der Waals surface area contributed by atoms with E-state index in [1.54, 1.807) is 0 Å². The third kappa shape index (κ3) is 3.13. The first-order chi connectivity index (χ1) is 10.3. The summed E-state index contributed by atoms with van der Waals surface area (Å²) < 4.78 is 11.3. The van der Waals surface area contributed by atoms with Gasteiger partial charge in [0.25, 0.3) is 5.91 Å². The molecule has 0 radical (unpaired) electrons. The highest BCUT2D eigenvalue weighted by atomic mass is 16.5. The lowest BCUT2D eigenvalue weighted by atomic mass is 10.1. The molecule has 0 aromatic heterocycles. The van der Waals surface area contributed by atoms with E-state index in [0.29, 0.717) is 24.5 Å². The standard InChI is InChI=1S/C16H22N2O3/c1-2-17-6-8-18(9-7-17)16(19)13-4-5-14-15(12-13)21-11-3-10-20-14/h4-5,12H,2-3,6-11H2,1H3. The van der Waals surface area contributed by atoms with Crippen molar-refractivity contribution in [2.45, 2.75) is 13.3 Å². The maximum atomic E-state index is 12.6. The Morgan fingerprint density at radius 3 is 2.52 bits per heavy atom. The van der Waals surface area contributed by atoms with Crippen molar-refractivity contribution in [2.24, 2.45) is 0 Å². The van der Waals surface area contributed by atoms with Gasteiger partial charge in [0.05, 0.1) is 13.2 Å². The number of carbonyl (C=O) groups is 1. The summed E-state index contributed by atoms with van der Waals surface area (Å²) in [6, 6.07) is 5.49. The lowest BCUT2D eigenvalue weighted by Gasteiger charge is -2.34. The van der Waals surface area contributed by atoms with E-state index in [1.807, 2.05) is 23.1 Å². The third-order valence-corrected chi connectivity index (χ3v) is 4.10. The fraction of sp³-hybridized carbons (Fsp3) is 0.562. The van der Waals surface area contributed by atoms with Gasteiger partial charge < -0.3 is 19.3 Å². The summed E-state index contributed by atoms with van der Waals surface area (Å²) in [5.74, 6) is 1.51. The van der Waals surface area contributed by atoms with E-state index in [2.05, 4.69) is 11.8 Å². The van der Waals surface area contributed by atoms with Crippen LogP contribution in [-0.2, 0) is 0 Å². The van der Waals surface area contributed by atoms with Crippen LogP contribution in [0.2, 0.25) is 0 Å². The molecule has 2 heterocycles. The highest BCUT2D eigenvalue weighted by Gasteiger charge is 2.22. The first-order valence-electron chi connectivity index (χ1n) is 7.69. The van der Waals surface area contributed by atoms with E-state index < -0.39 is 0 Å². The fourth-order valence-corrected chi connectivity index (χ4v) is 2.75. The van der Waals surface area contributed by atoms with Gasteiger partial charge in [-0.2, -0.15) is 0 Å². The molecule has 1 aromatic rings. The molecule has 0 unspecified atom stereocenters. The van der Waals surface area contributed by atoms with E-state index in [-0.39, 0.29) is 5.91 Å². The Morgan fingerprint density at radius 1 is 1.10 bits per heavy atom. The van der Waals surface area contributed by atoms with Gasteiger partial charge in [0.1, 0.15) is 0 Å². The van der Waals surface area contributed by atoms with Gasteiger partial charge in [-0.05, 0) is 24.7 Å². The number of amides is 1. The second-order valence-corrected chi connectivity index (χ2v) is 5.44. The van der Waals surface area contributed by atoms with Crippen molar-refractivity contribution in [3.05, 3.63) is 23.8 Å². The number of fused-ring (bicyclic) bond motifs is 1. The van der Waals surface area contributed by atoms with Crippen LogP contribution >= 0.6 is 0 Å². The Bertz CT molecular complexity index is 510. The van der Waals surface area contributed by atoms with Gasteiger partial charge in [0.2, 0.25) is 0 Å². The molecule has 0 atom stereocenters. The molecule has 5 heteroatoms. The zero-order chi connectivity index (χ0) is 14.7. The van der Waals surface area contributed by atoms with Crippen molar-refractivity contribution >= 4 is 5.91 Å². The number of carbonyl (C=O) groups excluding carboxylic acids is 1. The Morgan fingerprint density at radius 2 is 1.81 bits per heavy atom. The van der Waals surface area contributed by atoms with Gasteiger partial charge in [-0.25, -0.2) is 0 Å². The number of hydrogen-bond donors (Lipinski definition) is 0. The second-order valence-electron chi connectivity index (χ2n) is 5.44. The minimum atomic E-state index is 0.0846. The molecule has 114 valence electrons. The Balaban J connectivity index is 1.72. The Labute approximate surface area is 125 Å².